The average molecular weight is 324 g/mol. The molecule has 1 heterocycles. The molecule has 2 rings (SSSR count). The van der Waals surface area contributed by atoms with Crippen LogP contribution < -0.4 is 5.32 Å². The second-order valence-corrected chi connectivity index (χ2v) is 6.41. The average Bonchev–Trinajstić information content (AvgIpc) is 2.78. The van der Waals surface area contributed by atoms with E-state index in [0.717, 1.165) is 17.4 Å². The standard InChI is InChI=1S/C15H18BrNS/c1-3-17-15(14-8-9-18-11(14)2)10-12-4-6-13(16)7-5-12/h4-9,15,17H,3,10H2,1-2H3. The molecule has 1 aromatic heterocycles. The maximum Gasteiger partial charge on any atom is 0.0371 e. The fourth-order valence-corrected chi connectivity index (χ4v) is 3.18. The summed E-state index contributed by atoms with van der Waals surface area (Å²) in [5, 5.41) is 5.76. The molecular formula is C15H18BrNS. The lowest BCUT2D eigenvalue weighted by Gasteiger charge is -2.18. The van der Waals surface area contributed by atoms with Crippen molar-refractivity contribution in [3.05, 3.63) is 56.2 Å². The van der Waals surface area contributed by atoms with E-state index in [2.05, 4.69) is 70.8 Å². The van der Waals surface area contributed by atoms with Gasteiger partial charge in [-0.3, -0.25) is 0 Å². The molecule has 0 aliphatic carbocycles. The van der Waals surface area contributed by atoms with Gasteiger partial charge in [0.1, 0.15) is 0 Å². The first kappa shape index (κ1) is 13.8. The first-order valence-electron chi connectivity index (χ1n) is 6.22. The molecule has 0 spiro atoms. The van der Waals surface area contributed by atoms with Crippen molar-refractivity contribution in [3.63, 3.8) is 0 Å². The molecule has 0 bridgehead atoms. The molecule has 96 valence electrons. The molecule has 1 N–H and O–H groups in total. The molecule has 3 heteroatoms. The van der Waals surface area contributed by atoms with Gasteiger partial charge in [-0.1, -0.05) is 35.0 Å². The van der Waals surface area contributed by atoms with Crippen LogP contribution in [0.1, 0.15) is 29.0 Å². The number of thiophene rings is 1. The van der Waals surface area contributed by atoms with Crippen molar-refractivity contribution < 1.29 is 0 Å². The lowest BCUT2D eigenvalue weighted by Crippen LogP contribution is -2.23. The Morgan fingerprint density at radius 1 is 1.22 bits per heavy atom. The summed E-state index contributed by atoms with van der Waals surface area (Å²) in [6.45, 7) is 5.36. The van der Waals surface area contributed by atoms with Crippen LogP contribution in [0.3, 0.4) is 0 Å². The van der Waals surface area contributed by atoms with Crippen LogP contribution in [0.5, 0.6) is 0 Å². The molecule has 0 fully saturated rings. The van der Waals surface area contributed by atoms with E-state index in [1.54, 1.807) is 0 Å². The zero-order chi connectivity index (χ0) is 13.0. The van der Waals surface area contributed by atoms with Crippen molar-refractivity contribution in [2.75, 3.05) is 6.54 Å². The van der Waals surface area contributed by atoms with Crippen LogP contribution in [0.15, 0.2) is 40.2 Å². The van der Waals surface area contributed by atoms with Crippen molar-refractivity contribution in [1.82, 2.24) is 5.32 Å². The zero-order valence-corrected chi connectivity index (χ0v) is 13.1. The van der Waals surface area contributed by atoms with Gasteiger partial charge < -0.3 is 5.32 Å². The minimum Gasteiger partial charge on any atom is -0.310 e. The van der Waals surface area contributed by atoms with E-state index < -0.39 is 0 Å². The number of benzene rings is 1. The topological polar surface area (TPSA) is 12.0 Å². The van der Waals surface area contributed by atoms with Crippen molar-refractivity contribution >= 4 is 27.3 Å². The number of hydrogen-bond acceptors (Lipinski definition) is 2. The van der Waals surface area contributed by atoms with E-state index in [0.29, 0.717) is 6.04 Å². The van der Waals surface area contributed by atoms with Gasteiger partial charge in [-0.15, -0.1) is 11.3 Å². The van der Waals surface area contributed by atoms with E-state index >= 15 is 0 Å². The molecule has 0 amide bonds. The maximum absolute atomic E-state index is 3.58. The number of halogens is 1. The Morgan fingerprint density at radius 3 is 2.50 bits per heavy atom. The molecule has 1 unspecified atom stereocenters. The third-order valence-corrected chi connectivity index (χ3v) is 4.47. The molecule has 1 atom stereocenters. The third-order valence-electron chi connectivity index (χ3n) is 3.08. The van der Waals surface area contributed by atoms with Crippen LogP contribution in [0.25, 0.3) is 0 Å². The number of rotatable bonds is 5. The van der Waals surface area contributed by atoms with Gasteiger partial charge >= 0.3 is 0 Å². The highest BCUT2D eigenvalue weighted by Crippen LogP contribution is 2.26. The van der Waals surface area contributed by atoms with E-state index in [-0.39, 0.29) is 0 Å². The maximum atomic E-state index is 3.58. The van der Waals surface area contributed by atoms with E-state index in [1.165, 1.54) is 16.0 Å². The number of hydrogen-bond donors (Lipinski definition) is 1. The summed E-state index contributed by atoms with van der Waals surface area (Å²) < 4.78 is 1.14. The summed E-state index contributed by atoms with van der Waals surface area (Å²) in [5.41, 5.74) is 2.81. The molecule has 18 heavy (non-hydrogen) atoms. The quantitative estimate of drug-likeness (QED) is 0.840. The summed E-state index contributed by atoms with van der Waals surface area (Å²) in [5.74, 6) is 0. The predicted octanol–water partition coefficient (Wildman–Crippen LogP) is 4.71. The fourth-order valence-electron chi connectivity index (χ4n) is 2.15. The molecule has 1 aromatic carbocycles. The normalized spacial score (nSPS) is 12.6. The van der Waals surface area contributed by atoms with Crippen LogP contribution in [-0.4, -0.2) is 6.54 Å². The van der Waals surface area contributed by atoms with Crippen molar-refractivity contribution in [1.29, 1.82) is 0 Å². The molecule has 0 radical (unpaired) electrons. The Balaban J connectivity index is 2.16. The van der Waals surface area contributed by atoms with Gasteiger partial charge in [-0.25, -0.2) is 0 Å². The smallest absolute Gasteiger partial charge is 0.0371 e. The van der Waals surface area contributed by atoms with Gasteiger partial charge in [-0.05, 0) is 54.6 Å². The first-order chi connectivity index (χ1) is 8.70. The number of aryl methyl sites for hydroxylation is 1. The van der Waals surface area contributed by atoms with Gasteiger partial charge in [0, 0.05) is 15.4 Å². The van der Waals surface area contributed by atoms with Crippen molar-refractivity contribution in [3.8, 4) is 0 Å². The van der Waals surface area contributed by atoms with Crippen LogP contribution in [-0.2, 0) is 6.42 Å². The highest BCUT2D eigenvalue weighted by Gasteiger charge is 2.14. The Hall–Kier alpha value is -0.640. The Bertz CT molecular complexity index is 489. The third kappa shape index (κ3) is 3.44. The number of likely N-dealkylation sites (N-methyl/N-ethyl adjacent to an activating group) is 1. The molecular weight excluding hydrogens is 306 g/mol. The molecule has 1 nitrogen and oxygen atoms in total. The van der Waals surface area contributed by atoms with Gasteiger partial charge in [0.15, 0.2) is 0 Å². The van der Waals surface area contributed by atoms with E-state index in [9.17, 15) is 0 Å². The first-order valence-corrected chi connectivity index (χ1v) is 7.89. The zero-order valence-electron chi connectivity index (χ0n) is 10.7. The van der Waals surface area contributed by atoms with Gasteiger partial charge in [0.25, 0.3) is 0 Å². The van der Waals surface area contributed by atoms with Gasteiger partial charge in [0.2, 0.25) is 0 Å². The van der Waals surface area contributed by atoms with E-state index in [1.807, 2.05) is 11.3 Å². The monoisotopic (exact) mass is 323 g/mol. The van der Waals surface area contributed by atoms with Crippen molar-refractivity contribution in [2.45, 2.75) is 26.3 Å². The summed E-state index contributed by atoms with van der Waals surface area (Å²) in [4.78, 5) is 1.41. The summed E-state index contributed by atoms with van der Waals surface area (Å²) in [7, 11) is 0. The second-order valence-electron chi connectivity index (χ2n) is 4.37. The summed E-state index contributed by atoms with van der Waals surface area (Å²) >= 11 is 5.30. The molecule has 0 saturated heterocycles. The Labute approximate surface area is 121 Å². The highest BCUT2D eigenvalue weighted by molar-refractivity contribution is 9.10. The van der Waals surface area contributed by atoms with E-state index in [4.69, 9.17) is 0 Å². The van der Waals surface area contributed by atoms with Crippen LogP contribution in [0, 0.1) is 6.92 Å². The second kappa shape index (κ2) is 6.50. The fraction of sp³-hybridized carbons (Fsp3) is 0.333. The minimum absolute atomic E-state index is 0.419. The summed E-state index contributed by atoms with van der Waals surface area (Å²) in [6, 6.07) is 11.3. The van der Waals surface area contributed by atoms with Crippen LogP contribution in [0.4, 0.5) is 0 Å². The molecule has 0 aliphatic rings. The highest BCUT2D eigenvalue weighted by atomic mass is 79.9. The number of nitrogens with one attached hydrogen (secondary N) is 1. The Kier molecular flexibility index (Phi) is 4.98. The van der Waals surface area contributed by atoms with Crippen LogP contribution in [0.2, 0.25) is 0 Å². The van der Waals surface area contributed by atoms with Crippen molar-refractivity contribution in [2.24, 2.45) is 0 Å². The largest absolute Gasteiger partial charge is 0.310 e. The van der Waals surface area contributed by atoms with Crippen LogP contribution >= 0.6 is 27.3 Å². The summed E-state index contributed by atoms with van der Waals surface area (Å²) in [6.07, 6.45) is 1.04. The molecule has 0 aliphatic heterocycles. The lowest BCUT2D eigenvalue weighted by atomic mass is 9.99. The van der Waals surface area contributed by atoms with Gasteiger partial charge in [0.05, 0.1) is 0 Å². The SMILES string of the molecule is CCNC(Cc1ccc(Br)cc1)c1ccsc1C. The Morgan fingerprint density at radius 2 is 1.94 bits per heavy atom. The molecule has 0 saturated carbocycles. The van der Waals surface area contributed by atoms with Gasteiger partial charge in [-0.2, -0.15) is 0 Å². The lowest BCUT2D eigenvalue weighted by molar-refractivity contribution is 0.549. The predicted molar refractivity (Wildman–Crippen MR) is 83.3 cm³/mol. The minimum atomic E-state index is 0.419. The molecule has 2 aromatic rings.